The van der Waals surface area contributed by atoms with Gasteiger partial charge < -0.3 is 15.0 Å². The molecule has 0 aliphatic carbocycles. The van der Waals surface area contributed by atoms with Gasteiger partial charge in [0, 0.05) is 18.7 Å². The number of carbonyl (C=O) groups is 4. The molecule has 0 aromatic heterocycles. The zero-order valence-electron chi connectivity index (χ0n) is 19.0. The Morgan fingerprint density at radius 3 is 2.21 bits per heavy atom. The molecule has 0 unspecified atom stereocenters. The number of urea groups is 1. The number of rotatable bonds is 5. The molecular formula is C25H26FN3O5. The molecule has 2 fully saturated rings. The Hall–Kier alpha value is -3.75. The number of hydrogen-bond donors (Lipinski definition) is 1. The van der Waals surface area contributed by atoms with Crippen LogP contribution in [0.2, 0.25) is 0 Å². The Balaban J connectivity index is 1.38. The summed E-state index contributed by atoms with van der Waals surface area (Å²) in [6.45, 7) is 2.68. The number of esters is 1. The molecule has 4 amide bonds. The van der Waals surface area contributed by atoms with Crippen LogP contribution in [0, 0.1) is 11.7 Å². The minimum atomic E-state index is -1.06. The van der Waals surface area contributed by atoms with Gasteiger partial charge in [0.25, 0.3) is 11.8 Å². The van der Waals surface area contributed by atoms with E-state index in [0.717, 1.165) is 4.90 Å². The first-order chi connectivity index (χ1) is 16.2. The molecule has 2 saturated heterocycles. The lowest BCUT2D eigenvalue weighted by molar-refractivity contribution is -0.133. The van der Waals surface area contributed by atoms with Gasteiger partial charge in [-0.2, -0.15) is 0 Å². The van der Waals surface area contributed by atoms with Crippen LogP contribution in [0.5, 0.6) is 0 Å². The zero-order chi connectivity index (χ0) is 24.5. The van der Waals surface area contributed by atoms with Crippen molar-refractivity contribution < 1.29 is 28.3 Å². The molecule has 34 heavy (non-hydrogen) atoms. The summed E-state index contributed by atoms with van der Waals surface area (Å²) < 4.78 is 17.8. The van der Waals surface area contributed by atoms with Crippen LogP contribution < -0.4 is 5.32 Å². The summed E-state index contributed by atoms with van der Waals surface area (Å²) >= 11 is 0. The second-order valence-corrected chi connectivity index (χ2v) is 8.79. The van der Waals surface area contributed by atoms with E-state index in [1.165, 1.54) is 19.2 Å². The number of methoxy groups -OCH3 is 1. The molecule has 9 heteroatoms. The van der Waals surface area contributed by atoms with E-state index >= 15 is 0 Å². The monoisotopic (exact) mass is 467 g/mol. The van der Waals surface area contributed by atoms with Crippen molar-refractivity contribution in [1.82, 2.24) is 15.1 Å². The Kier molecular flexibility index (Phi) is 6.37. The third-order valence-electron chi connectivity index (χ3n) is 6.71. The number of ether oxygens (including phenoxy) is 1. The van der Waals surface area contributed by atoms with Gasteiger partial charge in [-0.25, -0.2) is 14.0 Å². The van der Waals surface area contributed by atoms with Gasteiger partial charge in [-0.1, -0.05) is 12.1 Å². The molecule has 8 nitrogen and oxygen atoms in total. The van der Waals surface area contributed by atoms with Gasteiger partial charge in [0.05, 0.1) is 19.2 Å². The summed E-state index contributed by atoms with van der Waals surface area (Å²) in [6, 6.07) is 11.5. The molecule has 2 heterocycles. The summed E-state index contributed by atoms with van der Waals surface area (Å²) in [5.41, 5.74) is 0.432. The fourth-order valence-electron chi connectivity index (χ4n) is 4.62. The average molecular weight is 467 g/mol. The van der Waals surface area contributed by atoms with Crippen LogP contribution in [0.1, 0.15) is 46.0 Å². The number of nitrogens with one attached hydrogen (secondary N) is 1. The molecule has 2 aromatic rings. The molecule has 0 spiro atoms. The maximum Gasteiger partial charge on any atom is 0.337 e. The number of benzene rings is 2. The molecule has 1 atom stereocenters. The van der Waals surface area contributed by atoms with Crippen LogP contribution >= 0.6 is 0 Å². The van der Waals surface area contributed by atoms with Gasteiger partial charge in [0.1, 0.15) is 11.4 Å². The fraction of sp³-hybridized carbons (Fsp3) is 0.360. The maximum atomic E-state index is 13.2. The maximum absolute atomic E-state index is 13.2. The van der Waals surface area contributed by atoms with E-state index in [2.05, 4.69) is 10.1 Å². The van der Waals surface area contributed by atoms with E-state index < -0.39 is 17.5 Å². The van der Waals surface area contributed by atoms with Crippen LogP contribution in [-0.4, -0.2) is 59.4 Å². The molecule has 178 valence electrons. The van der Waals surface area contributed by atoms with Gasteiger partial charge in [-0.15, -0.1) is 0 Å². The molecule has 2 aromatic carbocycles. The van der Waals surface area contributed by atoms with Crippen LogP contribution in [-0.2, 0) is 16.1 Å². The second-order valence-electron chi connectivity index (χ2n) is 8.79. The second kappa shape index (κ2) is 9.24. The third kappa shape index (κ3) is 4.37. The first-order valence-corrected chi connectivity index (χ1v) is 11.1. The molecule has 2 aliphatic heterocycles. The van der Waals surface area contributed by atoms with Crippen molar-refractivity contribution >= 4 is 23.8 Å². The number of piperidine rings is 1. The summed E-state index contributed by atoms with van der Waals surface area (Å²) in [5, 5.41) is 2.85. The van der Waals surface area contributed by atoms with Crippen molar-refractivity contribution in [3.05, 3.63) is 71.0 Å². The number of imide groups is 1. The Morgan fingerprint density at radius 2 is 1.62 bits per heavy atom. The smallest absolute Gasteiger partial charge is 0.337 e. The summed E-state index contributed by atoms with van der Waals surface area (Å²) in [5.74, 6) is -1.45. The standard InChI is InChI=1S/C25H26FN3O5/c1-25(23(32)29(24(33)27-25)15-16-3-9-20(26)10-4-16)19-11-13-28(14-12-19)21(30)17-5-7-18(8-6-17)22(31)34-2/h3-10,19H,11-15H2,1-2H3,(H,27,33)/t25-/m0/s1. The third-order valence-corrected chi connectivity index (χ3v) is 6.71. The van der Waals surface area contributed by atoms with Gasteiger partial charge in [0.2, 0.25) is 0 Å². The SMILES string of the molecule is COC(=O)c1ccc(C(=O)N2CCC([C@]3(C)NC(=O)N(Cc4ccc(F)cc4)C3=O)CC2)cc1. The highest BCUT2D eigenvalue weighted by Gasteiger charge is 2.52. The van der Waals surface area contributed by atoms with Crippen LogP contribution in [0.15, 0.2) is 48.5 Å². The van der Waals surface area contributed by atoms with Crippen LogP contribution in [0.4, 0.5) is 9.18 Å². The number of amides is 4. The summed E-state index contributed by atoms with van der Waals surface area (Å²) in [6.07, 6.45) is 1.11. The van der Waals surface area contributed by atoms with Crippen LogP contribution in [0.25, 0.3) is 0 Å². The van der Waals surface area contributed by atoms with E-state index in [0.29, 0.717) is 42.6 Å². The summed E-state index contributed by atoms with van der Waals surface area (Å²) in [7, 11) is 1.30. The fourth-order valence-corrected chi connectivity index (χ4v) is 4.62. The number of nitrogens with zero attached hydrogens (tertiary/aromatic N) is 2. The predicted molar refractivity (Wildman–Crippen MR) is 120 cm³/mol. The molecule has 0 radical (unpaired) electrons. The first kappa shape index (κ1) is 23.4. The van der Waals surface area contributed by atoms with Gasteiger partial charge in [0.15, 0.2) is 0 Å². The number of carbonyl (C=O) groups excluding carboxylic acids is 4. The largest absolute Gasteiger partial charge is 0.465 e. The van der Waals surface area contributed by atoms with Crippen molar-refractivity contribution in [2.75, 3.05) is 20.2 Å². The minimum absolute atomic E-state index is 0.0689. The van der Waals surface area contributed by atoms with E-state index in [1.54, 1.807) is 48.2 Å². The minimum Gasteiger partial charge on any atom is -0.465 e. The lowest BCUT2D eigenvalue weighted by Gasteiger charge is -2.39. The molecule has 2 aliphatic rings. The highest BCUT2D eigenvalue weighted by molar-refractivity contribution is 6.07. The van der Waals surface area contributed by atoms with Crippen molar-refractivity contribution in [1.29, 1.82) is 0 Å². The first-order valence-electron chi connectivity index (χ1n) is 11.1. The number of likely N-dealkylation sites (tertiary alicyclic amines) is 1. The highest BCUT2D eigenvalue weighted by Crippen LogP contribution is 2.34. The molecule has 0 saturated carbocycles. The quantitative estimate of drug-likeness (QED) is 0.539. The number of halogens is 1. The van der Waals surface area contributed by atoms with Crippen molar-refractivity contribution in [3.8, 4) is 0 Å². The van der Waals surface area contributed by atoms with E-state index in [4.69, 9.17) is 0 Å². The normalized spacial score (nSPS) is 20.9. The summed E-state index contributed by atoms with van der Waals surface area (Å²) in [4.78, 5) is 53.1. The van der Waals surface area contributed by atoms with E-state index in [1.807, 2.05) is 0 Å². The van der Waals surface area contributed by atoms with Crippen LogP contribution in [0.3, 0.4) is 0 Å². The van der Waals surface area contributed by atoms with Gasteiger partial charge in [-0.05, 0) is 67.6 Å². The molecule has 0 bridgehead atoms. The molecule has 1 N–H and O–H groups in total. The number of hydrogen-bond acceptors (Lipinski definition) is 5. The van der Waals surface area contributed by atoms with Gasteiger partial charge >= 0.3 is 12.0 Å². The van der Waals surface area contributed by atoms with Crippen molar-refractivity contribution in [3.63, 3.8) is 0 Å². The Labute approximate surface area is 196 Å². The molecule has 4 rings (SSSR count). The van der Waals surface area contributed by atoms with E-state index in [-0.39, 0.29) is 30.1 Å². The zero-order valence-corrected chi connectivity index (χ0v) is 19.0. The lowest BCUT2D eigenvalue weighted by Crippen LogP contribution is -2.54. The lowest BCUT2D eigenvalue weighted by atomic mass is 9.78. The highest BCUT2D eigenvalue weighted by atomic mass is 19.1. The van der Waals surface area contributed by atoms with Gasteiger partial charge in [-0.3, -0.25) is 14.5 Å². The predicted octanol–water partition coefficient (Wildman–Crippen LogP) is 2.98. The van der Waals surface area contributed by atoms with Crippen molar-refractivity contribution in [2.45, 2.75) is 31.8 Å². The van der Waals surface area contributed by atoms with Crippen molar-refractivity contribution in [2.24, 2.45) is 5.92 Å². The Bertz CT molecular complexity index is 1110. The Morgan fingerprint density at radius 1 is 1.03 bits per heavy atom. The van der Waals surface area contributed by atoms with E-state index in [9.17, 15) is 23.6 Å². The topological polar surface area (TPSA) is 96.0 Å². The molecular weight excluding hydrogens is 441 g/mol. The average Bonchev–Trinajstić information content (AvgIpc) is 3.08.